The zero-order valence-corrected chi connectivity index (χ0v) is 19.1. The van der Waals surface area contributed by atoms with Gasteiger partial charge in [0.05, 0.1) is 5.69 Å². The first-order chi connectivity index (χ1) is 15.7. The van der Waals surface area contributed by atoms with E-state index < -0.39 is 23.5 Å². The largest absolute Gasteiger partial charge is 0.458 e. The molecule has 174 valence electrons. The van der Waals surface area contributed by atoms with Gasteiger partial charge in [-0.25, -0.2) is 4.79 Å². The molecule has 0 aliphatic carbocycles. The number of anilines is 1. The zero-order valence-electron chi connectivity index (χ0n) is 19.1. The van der Waals surface area contributed by atoms with E-state index in [0.29, 0.717) is 12.2 Å². The lowest BCUT2D eigenvalue weighted by atomic mass is 10.1. The molecular formula is C24H29N5O4. The quantitative estimate of drug-likeness (QED) is 0.595. The molecule has 1 aliphatic rings. The Morgan fingerprint density at radius 3 is 2.52 bits per heavy atom. The molecule has 0 saturated carbocycles. The summed E-state index contributed by atoms with van der Waals surface area (Å²) in [6.45, 7) is 5.90. The Bertz CT molecular complexity index is 1000. The fraction of sp³-hybridized carbons (Fsp3) is 0.375. The summed E-state index contributed by atoms with van der Waals surface area (Å²) in [5.41, 5.74) is 1.13. The number of rotatable bonds is 8. The lowest BCUT2D eigenvalue weighted by Crippen LogP contribution is -2.40. The molecule has 0 saturated heterocycles. The summed E-state index contributed by atoms with van der Waals surface area (Å²) in [6.07, 6.45) is 3.58. The Morgan fingerprint density at radius 1 is 1.09 bits per heavy atom. The number of nitrogens with zero attached hydrogens (tertiary/aromatic N) is 3. The van der Waals surface area contributed by atoms with Gasteiger partial charge in [0.2, 0.25) is 5.91 Å². The van der Waals surface area contributed by atoms with E-state index >= 15 is 0 Å². The molecule has 1 aromatic carbocycles. The van der Waals surface area contributed by atoms with Crippen molar-refractivity contribution in [3.8, 4) is 0 Å². The van der Waals surface area contributed by atoms with E-state index in [1.54, 1.807) is 39.2 Å². The van der Waals surface area contributed by atoms with Gasteiger partial charge in [-0.1, -0.05) is 24.3 Å². The van der Waals surface area contributed by atoms with Gasteiger partial charge in [-0.3, -0.25) is 19.6 Å². The normalized spacial score (nSPS) is 15.5. The molecule has 0 unspecified atom stereocenters. The number of carbonyl (C=O) groups is 3. The van der Waals surface area contributed by atoms with Crippen molar-refractivity contribution >= 4 is 29.2 Å². The van der Waals surface area contributed by atoms with Crippen molar-refractivity contribution in [2.24, 2.45) is 5.10 Å². The van der Waals surface area contributed by atoms with Crippen molar-refractivity contribution in [2.45, 2.75) is 51.8 Å². The summed E-state index contributed by atoms with van der Waals surface area (Å²) in [4.78, 5) is 41.5. The van der Waals surface area contributed by atoms with E-state index in [9.17, 15) is 14.4 Å². The van der Waals surface area contributed by atoms with Gasteiger partial charge in [-0.2, -0.15) is 5.10 Å². The number of ether oxygens (including phenoxy) is 1. The van der Waals surface area contributed by atoms with E-state index in [0.717, 1.165) is 5.56 Å². The van der Waals surface area contributed by atoms with Gasteiger partial charge in [0.15, 0.2) is 6.04 Å². The van der Waals surface area contributed by atoms with Crippen LogP contribution in [0, 0.1) is 0 Å². The number of pyridine rings is 1. The van der Waals surface area contributed by atoms with Gasteiger partial charge in [0.1, 0.15) is 11.3 Å². The molecule has 1 aromatic heterocycles. The minimum absolute atomic E-state index is 0.114. The van der Waals surface area contributed by atoms with Gasteiger partial charge in [-0.15, -0.1) is 0 Å². The Hall–Kier alpha value is -3.75. The number of esters is 1. The fourth-order valence-corrected chi connectivity index (χ4v) is 3.20. The second-order valence-electron chi connectivity index (χ2n) is 8.62. The monoisotopic (exact) mass is 451 g/mol. The average molecular weight is 452 g/mol. The van der Waals surface area contributed by atoms with Crippen LogP contribution in [0.25, 0.3) is 0 Å². The number of aromatic nitrogens is 1. The molecule has 2 aromatic rings. The first-order valence-electron chi connectivity index (χ1n) is 10.8. The maximum atomic E-state index is 12.8. The van der Waals surface area contributed by atoms with Crippen molar-refractivity contribution < 1.29 is 19.1 Å². The third-order valence-electron chi connectivity index (χ3n) is 4.72. The molecule has 2 heterocycles. The molecular weight excluding hydrogens is 422 g/mol. The molecule has 2 amide bonds. The number of benzene rings is 1. The summed E-state index contributed by atoms with van der Waals surface area (Å²) in [5.74, 6) is -1.06. The highest BCUT2D eigenvalue weighted by Crippen LogP contribution is 2.26. The van der Waals surface area contributed by atoms with E-state index in [1.165, 1.54) is 5.01 Å². The van der Waals surface area contributed by atoms with Gasteiger partial charge in [0.25, 0.3) is 5.91 Å². The molecule has 0 fully saturated rings. The molecule has 3 rings (SSSR count). The Labute approximate surface area is 193 Å². The summed E-state index contributed by atoms with van der Waals surface area (Å²) in [5, 5.41) is 11.4. The highest BCUT2D eigenvalue weighted by molar-refractivity contribution is 6.40. The van der Waals surface area contributed by atoms with Crippen LogP contribution in [0.1, 0.15) is 39.2 Å². The average Bonchev–Trinajstić information content (AvgIpc) is 3.24. The first kappa shape index (κ1) is 23.9. The van der Waals surface area contributed by atoms with Crippen molar-refractivity contribution in [1.82, 2.24) is 15.6 Å². The highest BCUT2D eigenvalue weighted by Gasteiger charge is 2.38. The van der Waals surface area contributed by atoms with Crippen molar-refractivity contribution in [3.05, 3.63) is 60.4 Å². The van der Waals surface area contributed by atoms with E-state index in [-0.39, 0.29) is 31.0 Å². The summed E-state index contributed by atoms with van der Waals surface area (Å²) in [7, 11) is 0. The van der Waals surface area contributed by atoms with Crippen LogP contribution in [-0.4, -0.2) is 46.7 Å². The topological polar surface area (TPSA) is 113 Å². The maximum absolute atomic E-state index is 12.8. The molecule has 1 aliphatic heterocycles. The van der Waals surface area contributed by atoms with Crippen molar-refractivity contribution in [1.29, 1.82) is 0 Å². The SMILES string of the molecule is CC(C)(C)OC(=O)[C@H]1CC(C(=O)NCCC(=O)NCc2cccnc2)=NN1c1ccccc1. The number of amides is 2. The van der Waals surface area contributed by atoms with Gasteiger partial charge < -0.3 is 15.4 Å². The Balaban J connectivity index is 1.56. The van der Waals surface area contributed by atoms with Crippen LogP contribution >= 0.6 is 0 Å². The van der Waals surface area contributed by atoms with E-state index in [4.69, 9.17) is 4.74 Å². The molecule has 33 heavy (non-hydrogen) atoms. The number of para-hydroxylation sites is 1. The molecule has 9 nitrogen and oxygen atoms in total. The Morgan fingerprint density at radius 2 is 1.85 bits per heavy atom. The molecule has 0 spiro atoms. The van der Waals surface area contributed by atoms with Crippen LogP contribution < -0.4 is 15.6 Å². The number of nitrogens with one attached hydrogen (secondary N) is 2. The second kappa shape index (κ2) is 10.7. The van der Waals surface area contributed by atoms with Crippen molar-refractivity contribution in [2.75, 3.05) is 11.6 Å². The number of hydrogen-bond donors (Lipinski definition) is 2. The van der Waals surface area contributed by atoms with Gasteiger partial charge in [-0.05, 0) is 44.5 Å². The number of hydrazone groups is 1. The highest BCUT2D eigenvalue weighted by atomic mass is 16.6. The Kier molecular flexibility index (Phi) is 7.76. The lowest BCUT2D eigenvalue weighted by Gasteiger charge is -2.26. The molecule has 9 heteroatoms. The van der Waals surface area contributed by atoms with Crippen molar-refractivity contribution in [3.63, 3.8) is 0 Å². The second-order valence-corrected chi connectivity index (χ2v) is 8.62. The molecule has 0 bridgehead atoms. The van der Waals surface area contributed by atoms with Gasteiger partial charge >= 0.3 is 5.97 Å². The summed E-state index contributed by atoms with van der Waals surface area (Å²) < 4.78 is 5.53. The third kappa shape index (κ3) is 7.13. The predicted molar refractivity (Wildman–Crippen MR) is 124 cm³/mol. The third-order valence-corrected chi connectivity index (χ3v) is 4.72. The fourth-order valence-electron chi connectivity index (χ4n) is 3.20. The smallest absolute Gasteiger partial charge is 0.331 e. The van der Waals surface area contributed by atoms with E-state index in [1.807, 2.05) is 36.4 Å². The van der Waals surface area contributed by atoms with Gasteiger partial charge in [0, 0.05) is 38.3 Å². The zero-order chi connectivity index (χ0) is 23.8. The predicted octanol–water partition coefficient (Wildman–Crippen LogP) is 2.18. The minimum atomic E-state index is -0.741. The minimum Gasteiger partial charge on any atom is -0.458 e. The molecule has 0 radical (unpaired) electrons. The number of carbonyl (C=O) groups excluding carboxylic acids is 3. The van der Waals surface area contributed by atoms with Crippen LogP contribution in [0.3, 0.4) is 0 Å². The van der Waals surface area contributed by atoms with Crippen LogP contribution in [0.2, 0.25) is 0 Å². The molecule has 1 atom stereocenters. The molecule has 2 N–H and O–H groups in total. The first-order valence-corrected chi connectivity index (χ1v) is 10.8. The summed E-state index contributed by atoms with van der Waals surface area (Å²) >= 11 is 0. The van der Waals surface area contributed by atoms with E-state index in [2.05, 4.69) is 20.7 Å². The van der Waals surface area contributed by atoms with Crippen LogP contribution in [0.4, 0.5) is 5.69 Å². The summed E-state index contributed by atoms with van der Waals surface area (Å²) in [6, 6.07) is 12.1. The maximum Gasteiger partial charge on any atom is 0.331 e. The lowest BCUT2D eigenvalue weighted by molar-refractivity contribution is -0.156. The van der Waals surface area contributed by atoms with Crippen LogP contribution in [0.5, 0.6) is 0 Å². The standard InChI is InChI=1S/C24H29N5O4/c1-24(2,3)33-23(32)20-14-19(28-29(20)18-9-5-4-6-10-18)22(31)26-13-11-21(30)27-16-17-8-7-12-25-15-17/h4-10,12,15,20H,11,13-14,16H2,1-3H3,(H,26,31)(H,27,30)/t20-/m1/s1. The van der Waals surface area contributed by atoms with Crippen LogP contribution in [0.15, 0.2) is 60.0 Å². The van der Waals surface area contributed by atoms with Crippen LogP contribution in [-0.2, 0) is 25.7 Å². The number of hydrogen-bond acceptors (Lipinski definition) is 7.